The average molecular weight is 331 g/mol. The fraction of sp³-hybridized carbons (Fsp3) is 0.222. The van der Waals surface area contributed by atoms with E-state index in [9.17, 15) is 14.0 Å². The van der Waals surface area contributed by atoms with Gasteiger partial charge in [0.05, 0.1) is 12.3 Å². The summed E-state index contributed by atoms with van der Waals surface area (Å²) in [6.45, 7) is 3.61. The maximum absolute atomic E-state index is 13.5. The van der Waals surface area contributed by atoms with E-state index in [0.717, 1.165) is 0 Å². The molecule has 0 aromatic heterocycles. The van der Waals surface area contributed by atoms with Gasteiger partial charge in [-0.3, -0.25) is 4.79 Å². The smallest absolute Gasteiger partial charge is 0.342 e. The first-order chi connectivity index (χ1) is 11.5. The van der Waals surface area contributed by atoms with E-state index in [2.05, 4.69) is 5.32 Å². The van der Waals surface area contributed by atoms with E-state index < -0.39 is 23.8 Å². The molecule has 0 saturated carbocycles. The first-order valence-corrected chi connectivity index (χ1v) is 7.51. The zero-order valence-corrected chi connectivity index (χ0v) is 13.4. The highest BCUT2D eigenvalue weighted by Gasteiger charge is 2.22. The van der Waals surface area contributed by atoms with Crippen molar-refractivity contribution < 1.29 is 23.5 Å². The van der Waals surface area contributed by atoms with Gasteiger partial charge in [0, 0.05) is 0 Å². The Kier molecular flexibility index (Phi) is 5.89. The quantitative estimate of drug-likeness (QED) is 0.824. The van der Waals surface area contributed by atoms with Crippen molar-refractivity contribution in [1.29, 1.82) is 0 Å². The second-order valence-corrected chi connectivity index (χ2v) is 4.95. The third kappa shape index (κ3) is 4.32. The number of hydrogen-bond acceptors (Lipinski definition) is 4. The lowest BCUT2D eigenvalue weighted by Crippen LogP contribution is -2.30. The summed E-state index contributed by atoms with van der Waals surface area (Å²) in [6.07, 6.45) is -1.09. The largest absolute Gasteiger partial charge is 0.493 e. The Hall–Kier alpha value is -2.89. The lowest BCUT2D eigenvalue weighted by Gasteiger charge is -2.15. The van der Waals surface area contributed by atoms with Crippen LogP contribution in [0.2, 0.25) is 0 Å². The molecule has 2 aromatic rings. The first kappa shape index (κ1) is 17.5. The van der Waals surface area contributed by atoms with Gasteiger partial charge in [-0.05, 0) is 38.1 Å². The standard InChI is InChI=1S/C18H18FNO4/c1-3-23-16-11-7-4-8-13(16)18(22)24-12(2)17(21)20-15-10-6-5-9-14(15)19/h4-12H,3H2,1-2H3,(H,20,21)/t12-/m0/s1. The Bertz CT molecular complexity index is 732. The van der Waals surface area contributed by atoms with Gasteiger partial charge in [0.15, 0.2) is 6.10 Å². The highest BCUT2D eigenvalue weighted by Crippen LogP contribution is 2.20. The molecule has 24 heavy (non-hydrogen) atoms. The number of rotatable bonds is 6. The van der Waals surface area contributed by atoms with Crippen molar-refractivity contribution in [2.45, 2.75) is 20.0 Å². The Morgan fingerprint density at radius 2 is 1.79 bits per heavy atom. The number of amides is 1. The number of carbonyl (C=O) groups is 2. The van der Waals surface area contributed by atoms with Crippen molar-refractivity contribution in [1.82, 2.24) is 0 Å². The van der Waals surface area contributed by atoms with Crippen molar-refractivity contribution in [2.24, 2.45) is 0 Å². The first-order valence-electron chi connectivity index (χ1n) is 7.51. The van der Waals surface area contributed by atoms with Crippen molar-refractivity contribution in [2.75, 3.05) is 11.9 Å². The molecule has 0 spiro atoms. The van der Waals surface area contributed by atoms with Crippen molar-refractivity contribution in [3.8, 4) is 5.75 Å². The number of para-hydroxylation sites is 2. The number of halogens is 1. The molecule has 0 unspecified atom stereocenters. The summed E-state index contributed by atoms with van der Waals surface area (Å²) in [7, 11) is 0. The fourth-order valence-electron chi connectivity index (χ4n) is 1.99. The molecule has 1 N–H and O–H groups in total. The molecular weight excluding hydrogens is 313 g/mol. The molecule has 1 atom stereocenters. The second-order valence-electron chi connectivity index (χ2n) is 4.95. The molecule has 0 fully saturated rings. The summed E-state index contributed by atoms with van der Waals surface area (Å²) < 4.78 is 24.0. The van der Waals surface area contributed by atoms with Gasteiger partial charge in [-0.15, -0.1) is 0 Å². The van der Waals surface area contributed by atoms with Crippen LogP contribution in [-0.4, -0.2) is 24.6 Å². The number of benzene rings is 2. The van der Waals surface area contributed by atoms with Gasteiger partial charge < -0.3 is 14.8 Å². The molecule has 0 radical (unpaired) electrons. The summed E-state index contributed by atoms with van der Waals surface area (Å²) in [4.78, 5) is 24.3. The Balaban J connectivity index is 2.03. The van der Waals surface area contributed by atoms with Crippen LogP contribution >= 0.6 is 0 Å². The zero-order valence-electron chi connectivity index (χ0n) is 13.4. The maximum Gasteiger partial charge on any atom is 0.342 e. The molecular formula is C18H18FNO4. The number of ether oxygens (including phenoxy) is 2. The predicted octanol–water partition coefficient (Wildman–Crippen LogP) is 3.41. The molecule has 0 aliphatic rings. The maximum atomic E-state index is 13.5. The minimum Gasteiger partial charge on any atom is -0.493 e. The van der Waals surface area contributed by atoms with Gasteiger partial charge >= 0.3 is 5.97 Å². The molecule has 0 heterocycles. The van der Waals surface area contributed by atoms with Crippen LogP contribution in [0.4, 0.5) is 10.1 Å². The highest BCUT2D eigenvalue weighted by atomic mass is 19.1. The molecule has 5 nitrogen and oxygen atoms in total. The molecule has 2 aromatic carbocycles. The SMILES string of the molecule is CCOc1ccccc1C(=O)O[C@@H](C)C(=O)Nc1ccccc1F. The van der Waals surface area contributed by atoms with Crippen LogP contribution in [0.1, 0.15) is 24.2 Å². The van der Waals surface area contributed by atoms with Gasteiger partial charge in [-0.1, -0.05) is 24.3 Å². The highest BCUT2D eigenvalue weighted by molar-refractivity contribution is 5.98. The van der Waals surface area contributed by atoms with Crippen molar-refractivity contribution in [3.05, 3.63) is 59.9 Å². The van der Waals surface area contributed by atoms with E-state index in [1.807, 2.05) is 0 Å². The summed E-state index contributed by atoms with van der Waals surface area (Å²) in [6, 6.07) is 12.3. The minimum absolute atomic E-state index is 0.0279. The molecule has 1 amide bonds. The predicted molar refractivity (Wildman–Crippen MR) is 87.5 cm³/mol. The average Bonchev–Trinajstić information content (AvgIpc) is 2.57. The molecule has 126 valence electrons. The van der Waals surface area contributed by atoms with Crippen molar-refractivity contribution >= 4 is 17.6 Å². The Morgan fingerprint density at radius 1 is 1.12 bits per heavy atom. The Labute approximate surface area is 139 Å². The van der Waals surface area contributed by atoms with Gasteiger partial charge in [0.1, 0.15) is 17.1 Å². The minimum atomic E-state index is -1.09. The van der Waals surface area contributed by atoms with Crippen LogP contribution in [0.3, 0.4) is 0 Å². The van der Waals surface area contributed by atoms with Gasteiger partial charge in [-0.25, -0.2) is 9.18 Å². The van der Waals surface area contributed by atoms with Gasteiger partial charge in [0.25, 0.3) is 5.91 Å². The van der Waals surface area contributed by atoms with E-state index in [-0.39, 0.29) is 11.3 Å². The number of nitrogens with one attached hydrogen (secondary N) is 1. The van der Waals surface area contributed by atoms with E-state index in [0.29, 0.717) is 12.4 Å². The fourth-order valence-corrected chi connectivity index (χ4v) is 1.99. The van der Waals surface area contributed by atoms with Crippen molar-refractivity contribution in [3.63, 3.8) is 0 Å². The van der Waals surface area contributed by atoms with Crippen LogP contribution in [0, 0.1) is 5.82 Å². The van der Waals surface area contributed by atoms with Crippen LogP contribution in [-0.2, 0) is 9.53 Å². The van der Waals surface area contributed by atoms with Crippen LogP contribution < -0.4 is 10.1 Å². The Morgan fingerprint density at radius 3 is 2.50 bits per heavy atom. The summed E-state index contributed by atoms with van der Waals surface area (Å²) in [5, 5.41) is 2.38. The molecule has 0 aliphatic carbocycles. The lowest BCUT2D eigenvalue weighted by atomic mass is 10.2. The van der Waals surface area contributed by atoms with Crippen LogP contribution in [0.25, 0.3) is 0 Å². The third-order valence-corrected chi connectivity index (χ3v) is 3.19. The second kappa shape index (κ2) is 8.10. The number of carbonyl (C=O) groups excluding carboxylic acids is 2. The number of hydrogen-bond donors (Lipinski definition) is 1. The van der Waals surface area contributed by atoms with Gasteiger partial charge in [0.2, 0.25) is 0 Å². The normalized spacial score (nSPS) is 11.5. The molecule has 0 bridgehead atoms. The van der Waals surface area contributed by atoms with E-state index in [1.165, 1.54) is 25.1 Å². The molecule has 0 saturated heterocycles. The molecule has 2 rings (SSSR count). The topological polar surface area (TPSA) is 64.6 Å². The molecule has 0 aliphatic heterocycles. The van der Waals surface area contributed by atoms with Crippen LogP contribution in [0.15, 0.2) is 48.5 Å². The summed E-state index contributed by atoms with van der Waals surface area (Å²) in [5.74, 6) is -1.49. The molecule has 6 heteroatoms. The zero-order chi connectivity index (χ0) is 17.5. The number of anilines is 1. The van der Waals surface area contributed by atoms with Crippen LogP contribution in [0.5, 0.6) is 5.75 Å². The number of esters is 1. The lowest BCUT2D eigenvalue weighted by molar-refractivity contribution is -0.123. The van der Waals surface area contributed by atoms with Gasteiger partial charge in [-0.2, -0.15) is 0 Å². The van der Waals surface area contributed by atoms with E-state index >= 15 is 0 Å². The third-order valence-electron chi connectivity index (χ3n) is 3.19. The summed E-state index contributed by atoms with van der Waals surface area (Å²) in [5.41, 5.74) is 0.255. The monoisotopic (exact) mass is 331 g/mol. The van der Waals surface area contributed by atoms with E-state index in [4.69, 9.17) is 9.47 Å². The van der Waals surface area contributed by atoms with E-state index in [1.54, 1.807) is 37.3 Å². The summed E-state index contributed by atoms with van der Waals surface area (Å²) >= 11 is 0.